The number of aliphatic hydroxyl groups excluding tert-OH is 1. The second kappa shape index (κ2) is 5.67. The molecule has 0 heterocycles. The number of hydrogen-bond donors (Lipinski definition) is 4. The largest absolute Gasteiger partial charge is 0.381 e. The molecule has 1 unspecified atom stereocenters. The zero-order valence-corrected chi connectivity index (χ0v) is 8.53. The monoisotopic (exact) mass is 215 g/mol. The smallest absolute Gasteiger partial charge is 0.248 e. The fraction of sp³-hybridized carbons (Fsp3) is 0.778. The van der Waals surface area contributed by atoms with Crippen LogP contribution in [0.1, 0.15) is 19.3 Å². The molecule has 0 spiro atoms. The minimum absolute atomic E-state index is 0.113. The molecular formula is C9H17N3O3. The van der Waals surface area contributed by atoms with E-state index in [2.05, 4.69) is 10.6 Å². The molecule has 0 aromatic carbocycles. The van der Waals surface area contributed by atoms with Crippen molar-refractivity contribution in [2.75, 3.05) is 13.1 Å². The fourth-order valence-corrected chi connectivity index (χ4v) is 1.08. The molecule has 5 N–H and O–H groups in total. The van der Waals surface area contributed by atoms with Gasteiger partial charge >= 0.3 is 0 Å². The molecular weight excluding hydrogens is 198 g/mol. The Morgan fingerprint density at radius 1 is 1.47 bits per heavy atom. The number of primary amides is 1. The lowest BCUT2D eigenvalue weighted by atomic mass is 10.3. The van der Waals surface area contributed by atoms with Gasteiger partial charge in [0.2, 0.25) is 11.8 Å². The Morgan fingerprint density at radius 3 is 2.67 bits per heavy atom. The van der Waals surface area contributed by atoms with Gasteiger partial charge in [0, 0.05) is 19.0 Å². The van der Waals surface area contributed by atoms with E-state index < -0.39 is 12.0 Å². The highest BCUT2D eigenvalue weighted by Crippen LogP contribution is 2.18. The maximum absolute atomic E-state index is 11.2. The van der Waals surface area contributed by atoms with Gasteiger partial charge in [-0.1, -0.05) is 0 Å². The van der Waals surface area contributed by atoms with Crippen molar-refractivity contribution < 1.29 is 14.7 Å². The van der Waals surface area contributed by atoms with E-state index in [0.717, 1.165) is 0 Å². The molecule has 0 aromatic rings. The molecule has 1 saturated carbocycles. The van der Waals surface area contributed by atoms with Gasteiger partial charge in [-0.3, -0.25) is 9.59 Å². The van der Waals surface area contributed by atoms with Gasteiger partial charge in [0.25, 0.3) is 0 Å². The Labute approximate surface area is 88.2 Å². The molecule has 0 radical (unpaired) electrons. The van der Waals surface area contributed by atoms with E-state index in [1.807, 2.05) is 0 Å². The van der Waals surface area contributed by atoms with Gasteiger partial charge in [-0.05, 0) is 12.8 Å². The summed E-state index contributed by atoms with van der Waals surface area (Å²) in [5.74, 6) is -1.02. The lowest BCUT2D eigenvalue weighted by Gasteiger charge is -2.08. The van der Waals surface area contributed by atoms with E-state index in [4.69, 9.17) is 10.8 Å². The quantitative estimate of drug-likeness (QED) is 0.398. The molecule has 6 heteroatoms. The standard InChI is InChI=1S/C9H17N3O3/c10-9(15)7(13)5-12-8(14)3-4-11-6-1-2-6/h6-7,11,13H,1-5H2,(H2,10,15)(H,12,14). The van der Waals surface area contributed by atoms with Gasteiger partial charge < -0.3 is 21.5 Å². The third kappa shape index (κ3) is 5.34. The Balaban J connectivity index is 1.99. The van der Waals surface area contributed by atoms with Gasteiger partial charge in [0.05, 0.1) is 6.54 Å². The number of nitrogens with two attached hydrogens (primary N) is 1. The fourth-order valence-electron chi connectivity index (χ4n) is 1.08. The van der Waals surface area contributed by atoms with Gasteiger partial charge in [0.15, 0.2) is 0 Å². The van der Waals surface area contributed by atoms with E-state index >= 15 is 0 Å². The summed E-state index contributed by atoms with van der Waals surface area (Å²) in [7, 11) is 0. The molecule has 0 saturated heterocycles. The number of hydrogen-bond acceptors (Lipinski definition) is 4. The van der Waals surface area contributed by atoms with Crippen molar-refractivity contribution in [1.82, 2.24) is 10.6 Å². The summed E-state index contributed by atoms with van der Waals surface area (Å²) in [5.41, 5.74) is 4.82. The van der Waals surface area contributed by atoms with Crippen LogP contribution in [0.3, 0.4) is 0 Å². The molecule has 0 aromatic heterocycles. The first-order chi connectivity index (χ1) is 7.09. The van der Waals surface area contributed by atoms with Crippen LogP contribution in [0.5, 0.6) is 0 Å². The molecule has 1 fully saturated rings. The first kappa shape index (κ1) is 11.9. The van der Waals surface area contributed by atoms with E-state index in [-0.39, 0.29) is 12.5 Å². The first-order valence-electron chi connectivity index (χ1n) is 5.07. The molecule has 15 heavy (non-hydrogen) atoms. The number of nitrogens with one attached hydrogen (secondary N) is 2. The molecule has 86 valence electrons. The maximum Gasteiger partial charge on any atom is 0.248 e. The summed E-state index contributed by atoms with van der Waals surface area (Å²) in [6, 6.07) is 0.578. The van der Waals surface area contributed by atoms with Crippen LogP contribution in [-0.2, 0) is 9.59 Å². The first-order valence-corrected chi connectivity index (χ1v) is 5.07. The van der Waals surface area contributed by atoms with E-state index in [0.29, 0.717) is 19.0 Å². The zero-order chi connectivity index (χ0) is 11.3. The lowest BCUT2D eigenvalue weighted by molar-refractivity contribution is -0.127. The molecule has 2 amide bonds. The van der Waals surface area contributed by atoms with Gasteiger partial charge in [-0.2, -0.15) is 0 Å². The van der Waals surface area contributed by atoms with Crippen LogP contribution in [0.25, 0.3) is 0 Å². The summed E-state index contributed by atoms with van der Waals surface area (Å²) in [5, 5.41) is 14.6. The third-order valence-corrected chi connectivity index (χ3v) is 2.18. The van der Waals surface area contributed by atoms with E-state index in [1.165, 1.54) is 12.8 Å². The highest BCUT2D eigenvalue weighted by atomic mass is 16.3. The van der Waals surface area contributed by atoms with Crippen molar-refractivity contribution in [2.24, 2.45) is 5.73 Å². The summed E-state index contributed by atoms with van der Waals surface area (Å²) < 4.78 is 0. The Kier molecular flexibility index (Phi) is 4.51. The third-order valence-electron chi connectivity index (χ3n) is 2.18. The molecule has 0 aliphatic heterocycles. The van der Waals surface area contributed by atoms with Gasteiger partial charge in [-0.25, -0.2) is 0 Å². The van der Waals surface area contributed by atoms with Gasteiger partial charge in [0.1, 0.15) is 6.10 Å². The van der Waals surface area contributed by atoms with Crippen molar-refractivity contribution in [3.05, 3.63) is 0 Å². The van der Waals surface area contributed by atoms with Crippen LogP contribution in [0.15, 0.2) is 0 Å². The predicted octanol–water partition coefficient (Wildman–Crippen LogP) is -1.91. The normalized spacial score (nSPS) is 17.1. The van der Waals surface area contributed by atoms with Crippen molar-refractivity contribution in [3.8, 4) is 0 Å². The summed E-state index contributed by atoms with van der Waals surface area (Å²) >= 11 is 0. The number of carbonyl (C=O) groups excluding carboxylic acids is 2. The SMILES string of the molecule is NC(=O)C(O)CNC(=O)CCNC1CC1. The molecule has 1 atom stereocenters. The van der Waals surface area contributed by atoms with Crippen LogP contribution < -0.4 is 16.4 Å². The number of rotatable bonds is 7. The molecule has 1 aliphatic rings. The molecule has 1 rings (SSSR count). The molecule has 1 aliphatic carbocycles. The van der Waals surface area contributed by atoms with Crippen LogP contribution in [0.4, 0.5) is 0 Å². The molecule has 6 nitrogen and oxygen atoms in total. The maximum atomic E-state index is 11.2. The average molecular weight is 215 g/mol. The van der Waals surface area contributed by atoms with Crippen molar-refractivity contribution in [2.45, 2.75) is 31.4 Å². The summed E-state index contributed by atoms with van der Waals surface area (Å²) in [6.45, 7) is 0.515. The highest BCUT2D eigenvalue weighted by molar-refractivity contribution is 5.80. The van der Waals surface area contributed by atoms with Crippen molar-refractivity contribution in [3.63, 3.8) is 0 Å². The number of aliphatic hydroxyl groups is 1. The van der Waals surface area contributed by atoms with Crippen LogP contribution >= 0.6 is 0 Å². The van der Waals surface area contributed by atoms with Crippen LogP contribution in [0.2, 0.25) is 0 Å². The predicted molar refractivity (Wildman–Crippen MR) is 53.9 cm³/mol. The van der Waals surface area contributed by atoms with Crippen molar-refractivity contribution >= 4 is 11.8 Å². The molecule has 0 bridgehead atoms. The minimum Gasteiger partial charge on any atom is -0.381 e. The number of amides is 2. The zero-order valence-electron chi connectivity index (χ0n) is 8.53. The van der Waals surface area contributed by atoms with Crippen molar-refractivity contribution in [1.29, 1.82) is 0 Å². The number of carbonyl (C=O) groups is 2. The Bertz CT molecular complexity index is 241. The minimum atomic E-state index is -1.30. The second-order valence-corrected chi connectivity index (χ2v) is 3.70. The van der Waals surface area contributed by atoms with Crippen LogP contribution in [-0.4, -0.2) is 42.2 Å². The van der Waals surface area contributed by atoms with E-state index in [9.17, 15) is 9.59 Å². The Hall–Kier alpha value is -1.14. The highest BCUT2D eigenvalue weighted by Gasteiger charge is 2.20. The van der Waals surface area contributed by atoms with Gasteiger partial charge in [-0.15, -0.1) is 0 Å². The summed E-state index contributed by atoms with van der Waals surface area (Å²) in [6.07, 6.45) is 1.41. The van der Waals surface area contributed by atoms with E-state index in [1.54, 1.807) is 0 Å². The average Bonchev–Trinajstić information content (AvgIpc) is 2.97. The second-order valence-electron chi connectivity index (χ2n) is 3.70. The lowest BCUT2D eigenvalue weighted by Crippen LogP contribution is -2.40. The topological polar surface area (TPSA) is 104 Å². The summed E-state index contributed by atoms with van der Waals surface area (Å²) in [4.78, 5) is 21.6. The Morgan fingerprint density at radius 2 is 2.13 bits per heavy atom. The van der Waals surface area contributed by atoms with Crippen LogP contribution in [0, 0.1) is 0 Å².